The standard InChI is InChI=1S/C23H38N4O2/c1-8-16(2)27(22(29)25-23(3,4)5)15-18-14-19(12-13-20(18)26(6)7)24-21(28)17-10-9-11-17/h12-14,16-17H,8-11,15H2,1-7H3,(H,24,28)(H,25,29)/t16-/m1/s1. The Morgan fingerprint density at radius 3 is 2.34 bits per heavy atom. The van der Waals surface area contributed by atoms with Crippen molar-refractivity contribution in [3.05, 3.63) is 23.8 Å². The van der Waals surface area contributed by atoms with E-state index >= 15 is 0 Å². The molecule has 29 heavy (non-hydrogen) atoms. The summed E-state index contributed by atoms with van der Waals surface area (Å²) in [5.41, 5.74) is 2.56. The molecule has 1 saturated carbocycles. The predicted octanol–water partition coefficient (Wildman–Crippen LogP) is 4.60. The van der Waals surface area contributed by atoms with Gasteiger partial charge in [0.1, 0.15) is 0 Å². The molecule has 0 heterocycles. The van der Waals surface area contributed by atoms with Crippen LogP contribution in [0.5, 0.6) is 0 Å². The third-order valence-electron chi connectivity index (χ3n) is 5.51. The highest BCUT2D eigenvalue weighted by Crippen LogP contribution is 2.29. The van der Waals surface area contributed by atoms with E-state index in [9.17, 15) is 9.59 Å². The Hall–Kier alpha value is -2.24. The Kier molecular flexibility index (Phi) is 7.55. The lowest BCUT2D eigenvalue weighted by Crippen LogP contribution is -2.51. The molecule has 6 nitrogen and oxygen atoms in total. The van der Waals surface area contributed by atoms with Crippen molar-refractivity contribution in [2.24, 2.45) is 5.92 Å². The number of amides is 3. The highest BCUT2D eigenvalue weighted by atomic mass is 16.2. The summed E-state index contributed by atoms with van der Waals surface area (Å²) in [7, 11) is 3.99. The lowest BCUT2D eigenvalue weighted by atomic mass is 9.85. The number of hydrogen-bond donors (Lipinski definition) is 2. The molecule has 1 fully saturated rings. The Balaban J connectivity index is 2.28. The monoisotopic (exact) mass is 402 g/mol. The fourth-order valence-electron chi connectivity index (χ4n) is 3.37. The maximum atomic E-state index is 13.0. The minimum atomic E-state index is -0.300. The van der Waals surface area contributed by atoms with Crippen LogP contribution in [0.15, 0.2) is 18.2 Å². The first kappa shape index (κ1) is 23.0. The van der Waals surface area contributed by atoms with Crippen molar-refractivity contribution >= 4 is 23.3 Å². The van der Waals surface area contributed by atoms with E-state index in [1.165, 1.54) is 0 Å². The molecule has 0 aliphatic heterocycles. The summed E-state index contributed by atoms with van der Waals surface area (Å²) < 4.78 is 0. The van der Waals surface area contributed by atoms with Crippen LogP contribution in [0.3, 0.4) is 0 Å². The second-order valence-corrected chi connectivity index (χ2v) is 9.42. The summed E-state index contributed by atoms with van der Waals surface area (Å²) in [6.07, 6.45) is 3.95. The molecule has 162 valence electrons. The predicted molar refractivity (Wildman–Crippen MR) is 120 cm³/mol. The van der Waals surface area contributed by atoms with Gasteiger partial charge in [-0.05, 0) is 70.7 Å². The van der Waals surface area contributed by atoms with E-state index in [1.807, 2.05) is 62.9 Å². The first-order valence-corrected chi connectivity index (χ1v) is 10.7. The van der Waals surface area contributed by atoms with Crippen LogP contribution in [0, 0.1) is 5.92 Å². The van der Waals surface area contributed by atoms with Gasteiger partial charge in [0.15, 0.2) is 0 Å². The maximum Gasteiger partial charge on any atom is 0.318 e. The van der Waals surface area contributed by atoms with Crippen molar-refractivity contribution < 1.29 is 9.59 Å². The fourth-order valence-corrected chi connectivity index (χ4v) is 3.37. The number of rotatable bonds is 7. The molecule has 1 aromatic rings. The lowest BCUT2D eigenvalue weighted by Gasteiger charge is -2.33. The average Bonchev–Trinajstić information content (AvgIpc) is 2.55. The van der Waals surface area contributed by atoms with E-state index in [2.05, 4.69) is 24.5 Å². The van der Waals surface area contributed by atoms with Crippen molar-refractivity contribution in [1.29, 1.82) is 0 Å². The smallest absolute Gasteiger partial charge is 0.318 e. The molecule has 1 aliphatic rings. The maximum absolute atomic E-state index is 13.0. The lowest BCUT2D eigenvalue weighted by molar-refractivity contribution is -0.122. The average molecular weight is 403 g/mol. The Labute approximate surface area is 176 Å². The van der Waals surface area contributed by atoms with Crippen LogP contribution in [-0.4, -0.2) is 42.5 Å². The molecular weight excluding hydrogens is 364 g/mol. The molecule has 0 radical (unpaired) electrons. The van der Waals surface area contributed by atoms with Crippen LogP contribution in [0.25, 0.3) is 0 Å². The number of carbonyl (C=O) groups excluding carboxylic acids is 2. The molecule has 0 saturated heterocycles. The second-order valence-electron chi connectivity index (χ2n) is 9.42. The van der Waals surface area contributed by atoms with Crippen LogP contribution in [0.4, 0.5) is 16.2 Å². The van der Waals surface area contributed by atoms with E-state index in [4.69, 9.17) is 0 Å². The quantitative estimate of drug-likeness (QED) is 0.700. The van der Waals surface area contributed by atoms with Crippen molar-refractivity contribution in [1.82, 2.24) is 10.2 Å². The van der Waals surface area contributed by atoms with E-state index < -0.39 is 0 Å². The summed E-state index contributed by atoms with van der Waals surface area (Å²) in [6.45, 7) is 10.6. The van der Waals surface area contributed by atoms with Crippen molar-refractivity contribution in [3.63, 3.8) is 0 Å². The van der Waals surface area contributed by atoms with Gasteiger partial charge in [-0.2, -0.15) is 0 Å². The minimum Gasteiger partial charge on any atom is -0.377 e. The van der Waals surface area contributed by atoms with Gasteiger partial charge in [-0.15, -0.1) is 0 Å². The molecule has 3 amide bonds. The van der Waals surface area contributed by atoms with E-state index in [-0.39, 0.29) is 29.4 Å². The van der Waals surface area contributed by atoms with Gasteiger partial charge in [0.25, 0.3) is 0 Å². The van der Waals surface area contributed by atoms with Crippen LogP contribution in [0.1, 0.15) is 65.9 Å². The molecule has 1 aromatic carbocycles. The molecule has 0 bridgehead atoms. The Morgan fingerprint density at radius 2 is 1.86 bits per heavy atom. The molecule has 0 aromatic heterocycles. The van der Waals surface area contributed by atoms with Gasteiger partial charge in [0.05, 0.1) is 0 Å². The summed E-state index contributed by atoms with van der Waals surface area (Å²) in [5, 5.41) is 6.14. The first-order valence-electron chi connectivity index (χ1n) is 10.7. The number of carbonyl (C=O) groups is 2. The number of nitrogens with zero attached hydrogens (tertiary/aromatic N) is 2. The number of urea groups is 1. The zero-order valence-electron chi connectivity index (χ0n) is 19.1. The molecule has 6 heteroatoms. The molecular formula is C23H38N4O2. The first-order chi connectivity index (χ1) is 13.5. The molecule has 0 spiro atoms. The molecule has 2 rings (SSSR count). The van der Waals surface area contributed by atoms with Crippen molar-refractivity contribution in [2.75, 3.05) is 24.3 Å². The van der Waals surface area contributed by atoms with Crippen molar-refractivity contribution in [3.8, 4) is 0 Å². The number of nitrogens with one attached hydrogen (secondary N) is 2. The van der Waals surface area contributed by atoms with Gasteiger partial charge in [-0.1, -0.05) is 13.3 Å². The van der Waals surface area contributed by atoms with E-state index in [0.29, 0.717) is 6.54 Å². The van der Waals surface area contributed by atoms with Gasteiger partial charge in [-0.25, -0.2) is 4.79 Å². The van der Waals surface area contributed by atoms with Gasteiger partial charge in [-0.3, -0.25) is 4.79 Å². The summed E-state index contributed by atoms with van der Waals surface area (Å²) >= 11 is 0. The van der Waals surface area contributed by atoms with Crippen LogP contribution >= 0.6 is 0 Å². The van der Waals surface area contributed by atoms with Gasteiger partial charge in [0.2, 0.25) is 5.91 Å². The molecule has 1 aliphatic carbocycles. The normalized spacial score (nSPS) is 15.3. The Bertz CT molecular complexity index is 720. The zero-order valence-corrected chi connectivity index (χ0v) is 19.1. The summed E-state index contributed by atoms with van der Waals surface area (Å²) in [6, 6.07) is 5.99. The van der Waals surface area contributed by atoms with Crippen LogP contribution in [-0.2, 0) is 11.3 Å². The largest absolute Gasteiger partial charge is 0.377 e. The number of hydrogen-bond acceptors (Lipinski definition) is 3. The fraction of sp³-hybridized carbons (Fsp3) is 0.652. The van der Waals surface area contributed by atoms with E-state index in [0.717, 1.165) is 42.6 Å². The molecule has 1 atom stereocenters. The topological polar surface area (TPSA) is 64.7 Å². The third kappa shape index (κ3) is 6.38. The highest BCUT2D eigenvalue weighted by molar-refractivity contribution is 5.93. The minimum absolute atomic E-state index is 0.0690. The molecule has 2 N–H and O–H groups in total. The summed E-state index contributed by atoms with van der Waals surface area (Å²) in [5.74, 6) is 0.241. The number of benzene rings is 1. The number of anilines is 2. The van der Waals surface area contributed by atoms with E-state index in [1.54, 1.807) is 0 Å². The van der Waals surface area contributed by atoms with Gasteiger partial charge in [0, 0.05) is 49.5 Å². The second kappa shape index (κ2) is 9.51. The SMILES string of the molecule is CC[C@@H](C)N(Cc1cc(NC(=O)C2CCC2)ccc1N(C)C)C(=O)NC(C)(C)C. The van der Waals surface area contributed by atoms with Crippen molar-refractivity contribution in [2.45, 2.75) is 78.4 Å². The third-order valence-corrected chi connectivity index (χ3v) is 5.51. The van der Waals surface area contributed by atoms with Crippen LogP contribution < -0.4 is 15.5 Å². The zero-order chi connectivity index (χ0) is 21.8. The van der Waals surface area contributed by atoms with Gasteiger partial charge >= 0.3 is 6.03 Å². The summed E-state index contributed by atoms with van der Waals surface area (Å²) in [4.78, 5) is 29.3. The highest BCUT2D eigenvalue weighted by Gasteiger charge is 2.26. The Morgan fingerprint density at radius 1 is 1.21 bits per heavy atom. The van der Waals surface area contributed by atoms with Gasteiger partial charge < -0.3 is 20.4 Å². The van der Waals surface area contributed by atoms with Crippen LogP contribution in [0.2, 0.25) is 0 Å². The molecule has 0 unspecified atom stereocenters.